The number of nitrogens with zero attached hydrogens (tertiary/aromatic N) is 2. The molecule has 12 heavy (non-hydrogen) atoms. The van der Waals surface area contributed by atoms with Crippen LogP contribution in [0, 0.1) is 6.92 Å². The van der Waals surface area contributed by atoms with Gasteiger partial charge in [-0.3, -0.25) is 0 Å². The molecule has 1 fully saturated rings. The number of hydrogen-bond donors (Lipinski definition) is 1. The minimum Gasteiger partial charge on any atom is -0.340 e. The van der Waals surface area contributed by atoms with Crippen molar-refractivity contribution in [3.05, 3.63) is 11.7 Å². The van der Waals surface area contributed by atoms with Crippen molar-refractivity contribution in [2.24, 2.45) is 5.73 Å². The van der Waals surface area contributed by atoms with Gasteiger partial charge in [-0.1, -0.05) is 18.0 Å². The molecule has 0 bridgehead atoms. The number of nitrogens with two attached hydrogens (primary N) is 1. The Morgan fingerprint density at radius 2 is 2.08 bits per heavy atom. The maximum atomic E-state index is 6.11. The molecule has 0 saturated heterocycles. The molecule has 1 aromatic rings. The highest BCUT2D eigenvalue weighted by atomic mass is 16.5. The summed E-state index contributed by atoms with van der Waals surface area (Å²) in [6.45, 7) is 1.79. The van der Waals surface area contributed by atoms with Gasteiger partial charge in [-0.05, 0) is 12.8 Å². The van der Waals surface area contributed by atoms with E-state index in [1.54, 1.807) is 6.92 Å². The quantitative estimate of drug-likeness (QED) is 0.680. The summed E-state index contributed by atoms with van der Waals surface area (Å²) in [6.07, 6.45) is 4.30. The Kier molecular flexibility index (Phi) is 1.65. The molecule has 2 N–H and O–H groups in total. The van der Waals surface area contributed by atoms with Crippen molar-refractivity contribution in [3.63, 3.8) is 0 Å². The van der Waals surface area contributed by atoms with Gasteiger partial charge in [-0.25, -0.2) is 0 Å². The molecule has 0 spiro atoms. The predicted molar refractivity (Wildman–Crippen MR) is 43.4 cm³/mol. The molecule has 4 heteroatoms. The summed E-state index contributed by atoms with van der Waals surface area (Å²) in [6, 6.07) is 0. The predicted octanol–water partition coefficient (Wildman–Crippen LogP) is 1.11. The highest BCUT2D eigenvalue weighted by Crippen LogP contribution is 2.34. The van der Waals surface area contributed by atoms with E-state index in [9.17, 15) is 0 Å². The van der Waals surface area contributed by atoms with E-state index in [-0.39, 0.29) is 5.54 Å². The van der Waals surface area contributed by atoms with Crippen molar-refractivity contribution in [1.82, 2.24) is 10.1 Å². The second-order valence-corrected chi connectivity index (χ2v) is 3.50. The fourth-order valence-electron chi connectivity index (χ4n) is 1.73. The lowest BCUT2D eigenvalue weighted by Gasteiger charge is -2.17. The van der Waals surface area contributed by atoms with E-state index >= 15 is 0 Å². The fourth-order valence-corrected chi connectivity index (χ4v) is 1.73. The van der Waals surface area contributed by atoms with Crippen molar-refractivity contribution in [2.75, 3.05) is 0 Å². The van der Waals surface area contributed by atoms with Crippen LogP contribution in [0.4, 0.5) is 0 Å². The van der Waals surface area contributed by atoms with E-state index in [1.807, 2.05) is 0 Å². The van der Waals surface area contributed by atoms with Crippen LogP contribution in [-0.4, -0.2) is 10.1 Å². The Bertz CT molecular complexity index is 276. The molecule has 2 rings (SSSR count). The molecule has 66 valence electrons. The van der Waals surface area contributed by atoms with E-state index in [0.29, 0.717) is 11.7 Å². The standard InChI is InChI=1S/C8H13N3O/c1-6-10-7(11-12-6)8(9)4-2-3-5-8/h2-5,9H2,1H3. The molecule has 0 unspecified atom stereocenters. The van der Waals surface area contributed by atoms with Gasteiger partial charge in [-0.15, -0.1) is 0 Å². The van der Waals surface area contributed by atoms with Gasteiger partial charge in [0.2, 0.25) is 5.89 Å². The first kappa shape index (κ1) is 7.73. The van der Waals surface area contributed by atoms with E-state index < -0.39 is 0 Å². The smallest absolute Gasteiger partial charge is 0.223 e. The summed E-state index contributed by atoms with van der Waals surface area (Å²) >= 11 is 0. The fraction of sp³-hybridized carbons (Fsp3) is 0.750. The van der Waals surface area contributed by atoms with E-state index in [0.717, 1.165) is 12.8 Å². The van der Waals surface area contributed by atoms with Crippen molar-refractivity contribution >= 4 is 0 Å². The van der Waals surface area contributed by atoms with Gasteiger partial charge in [0.15, 0.2) is 5.82 Å². The van der Waals surface area contributed by atoms with Crippen LogP contribution in [0.3, 0.4) is 0 Å². The Labute approximate surface area is 71.1 Å². The zero-order valence-electron chi connectivity index (χ0n) is 7.21. The van der Waals surface area contributed by atoms with Crippen LogP contribution in [0.15, 0.2) is 4.52 Å². The second-order valence-electron chi connectivity index (χ2n) is 3.50. The van der Waals surface area contributed by atoms with Gasteiger partial charge in [-0.2, -0.15) is 4.98 Å². The first-order valence-electron chi connectivity index (χ1n) is 4.30. The molecular formula is C8H13N3O. The SMILES string of the molecule is Cc1nc(C2(N)CCCC2)no1. The Balaban J connectivity index is 2.28. The summed E-state index contributed by atoms with van der Waals surface area (Å²) in [7, 11) is 0. The lowest BCUT2D eigenvalue weighted by Crippen LogP contribution is -2.34. The summed E-state index contributed by atoms with van der Waals surface area (Å²) in [5.41, 5.74) is 5.80. The molecule has 0 aliphatic heterocycles. The van der Waals surface area contributed by atoms with Crippen molar-refractivity contribution in [3.8, 4) is 0 Å². The van der Waals surface area contributed by atoms with Gasteiger partial charge < -0.3 is 10.3 Å². The zero-order chi connectivity index (χ0) is 8.60. The van der Waals surface area contributed by atoms with Gasteiger partial charge in [0.1, 0.15) is 0 Å². The third-order valence-corrected chi connectivity index (χ3v) is 2.47. The molecule has 1 heterocycles. The maximum absolute atomic E-state index is 6.11. The highest BCUT2D eigenvalue weighted by molar-refractivity contribution is 5.05. The molecule has 1 saturated carbocycles. The Hall–Kier alpha value is -0.900. The van der Waals surface area contributed by atoms with Crippen molar-refractivity contribution in [2.45, 2.75) is 38.1 Å². The van der Waals surface area contributed by atoms with E-state index in [4.69, 9.17) is 10.3 Å². The van der Waals surface area contributed by atoms with Crippen LogP contribution in [0.2, 0.25) is 0 Å². The van der Waals surface area contributed by atoms with Crippen LogP contribution in [0.25, 0.3) is 0 Å². The topological polar surface area (TPSA) is 64.9 Å². The molecule has 0 aromatic carbocycles. The number of aryl methyl sites for hydroxylation is 1. The molecule has 0 amide bonds. The minimum atomic E-state index is -0.308. The molecule has 0 radical (unpaired) electrons. The zero-order valence-corrected chi connectivity index (χ0v) is 7.21. The van der Waals surface area contributed by atoms with Crippen molar-refractivity contribution in [1.29, 1.82) is 0 Å². The molecular weight excluding hydrogens is 154 g/mol. The summed E-state index contributed by atoms with van der Waals surface area (Å²) in [5, 5.41) is 3.86. The van der Waals surface area contributed by atoms with Crippen LogP contribution in [0.5, 0.6) is 0 Å². The summed E-state index contributed by atoms with van der Waals surface area (Å²) in [4.78, 5) is 4.16. The lowest BCUT2D eigenvalue weighted by atomic mass is 9.99. The minimum absolute atomic E-state index is 0.308. The number of hydrogen-bond acceptors (Lipinski definition) is 4. The molecule has 1 aliphatic carbocycles. The monoisotopic (exact) mass is 167 g/mol. The average Bonchev–Trinajstić information content (AvgIpc) is 2.59. The van der Waals surface area contributed by atoms with Gasteiger partial charge in [0, 0.05) is 6.92 Å². The summed E-state index contributed by atoms with van der Waals surface area (Å²) in [5.74, 6) is 1.28. The van der Waals surface area contributed by atoms with Gasteiger partial charge >= 0.3 is 0 Å². The van der Waals surface area contributed by atoms with Crippen LogP contribution >= 0.6 is 0 Å². The number of rotatable bonds is 1. The third-order valence-electron chi connectivity index (χ3n) is 2.47. The second kappa shape index (κ2) is 2.55. The van der Waals surface area contributed by atoms with Crippen LogP contribution in [0.1, 0.15) is 37.4 Å². The Morgan fingerprint density at radius 1 is 1.42 bits per heavy atom. The van der Waals surface area contributed by atoms with Crippen LogP contribution < -0.4 is 5.73 Å². The Morgan fingerprint density at radius 3 is 2.58 bits per heavy atom. The van der Waals surface area contributed by atoms with E-state index in [2.05, 4.69) is 10.1 Å². The maximum Gasteiger partial charge on any atom is 0.223 e. The number of aromatic nitrogens is 2. The molecule has 0 atom stereocenters. The lowest BCUT2D eigenvalue weighted by molar-refractivity contribution is 0.356. The van der Waals surface area contributed by atoms with E-state index in [1.165, 1.54) is 12.8 Å². The summed E-state index contributed by atoms with van der Waals surface area (Å²) < 4.78 is 4.90. The third kappa shape index (κ3) is 1.12. The largest absolute Gasteiger partial charge is 0.340 e. The first-order valence-corrected chi connectivity index (χ1v) is 4.30. The van der Waals surface area contributed by atoms with Gasteiger partial charge in [0.05, 0.1) is 5.54 Å². The molecule has 4 nitrogen and oxygen atoms in total. The normalized spacial score (nSPS) is 21.5. The van der Waals surface area contributed by atoms with Crippen molar-refractivity contribution < 1.29 is 4.52 Å². The highest BCUT2D eigenvalue weighted by Gasteiger charge is 2.35. The average molecular weight is 167 g/mol. The molecule has 1 aliphatic rings. The first-order chi connectivity index (χ1) is 5.71. The van der Waals surface area contributed by atoms with Crippen LogP contribution in [-0.2, 0) is 5.54 Å². The van der Waals surface area contributed by atoms with Gasteiger partial charge in [0.25, 0.3) is 0 Å². The molecule has 1 aromatic heterocycles.